The summed E-state index contributed by atoms with van der Waals surface area (Å²) in [5, 5.41) is 4.33. The summed E-state index contributed by atoms with van der Waals surface area (Å²) in [7, 11) is 0. The third kappa shape index (κ3) is 5.40. The number of alkyl halides is 3. The number of carbonyl (C=O) groups is 1. The van der Waals surface area contributed by atoms with Gasteiger partial charge in [0.2, 0.25) is 5.90 Å². The number of halogens is 3. The highest BCUT2D eigenvalue weighted by molar-refractivity contribution is 6.02. The van der Waals surface area contributed by atoms with Gasteiger partial charge in [-0.15, -0.1) is 18.3 Å². The van der Waals surface area contributed by atoms with E-state index in [-0.39, 0.29) is 24.4 Å². The van der Waals surface area contributed by atoms with Crippen LogP contribution in [-0.2, 0) is 17.8 Å². The van der Waals surface area contributed by atoms with Gasteiger partial charge < -0.3 is 14.4 Å². The van der Waals surface area contributed by atoms with Crippen molar-refractivity contribution in [2.45, 2.75) is 59.3 Å². The summed E-state index contributed by atoms with van der Waals surface area (Å²) in [5.74, 6) is 0.695. The lowest BCUT2D eigenvalue weighted by Crippen LogP contribution is -2.23. The van der Waals surface area contributed by atoms with E-state index in [2.05, 4.69) is 29.1 Å². The third-order valence-corrected chi connectivity index (χ3v) is 5.63. The molecule has 0 aromatic heterocycles. The van der Waals surface area contributed by atoms with Crippen molar-refractivity contribution in [3.05, 3.63) is 64.2 Å². The van der Waals surface area contributed by atoms with Crippen LogP contribution in [0.1, 0.15) is 59.3 Å². The number of fused-ring (bicyclic) bond motifs is 1. The second-order valence-corrected chi connectivity index (χ2v) is 8.80. The molecule has 0 saturated carbocycles. The van der Waals surface area contributed by atoms with Crippen molar-refractivity contribution in [3.8, 4) is 5.75 Å². The van der Waals surface area contributed by atoms with Gasteiger partial charge in [0.05, 0.1) is 0 Å². The Morgan fingerprint density at radius 2 is 1.97 bits per heavy atom. The van der Waals surface area contributed by atoms with Gasteiger partial charge in [0, 0.05) is 30.6 Å². The van der Waals surface area contributed by atoms with E-state index >= 15 is 0 Å². The van der Waals surface area contributed by atoms with Gasteiger partial charge in [-0.05, 0) is 60.2 Å². The summed E-state index contributed by atoms with van der Waals surface area (Å²) in [6.07, 6.45) is -3.01. The number of nitrogens with one attached hydrogen (secondary N) is 1. The summed E-state index contributed by atoms with van der Waals surface area (Å²) >= 11 is 0. The van der Waals surface area contributed by atoms with Crippen LogP contribution in [0, 0.1) is 12.8 Å². The molecule has 176 valence electrons. The maximum absolute atomic E-state index is 13.0. The Morgan fingerprint density at radius 3 is 2.64 bits per heavy atom. The molecule has 2 heterocycles. The first-order valence-electron chi connectivity index (χ1n) is 10.9. The predicted molar refractivity (Wildman–Crippen MR) is 116 cm³/mol. The van der Waals surface area contributed by atoms with E-state index in [4.69, 9.17) is 4.74 Å². The van der Waals surface area contributed by atoms with Gasteiger partial charge in [-0.2, -0.15) is 0 Å². The minimum Gasteiger partial charge on any atom is -0.451 e. The Hall–Kier alpha value is -3.23. The quantitative estimate of drug-likeness (QED) is 0.624. The van der Waals surface area contributed by atoms with Crippen molar-refractivity contribution in [2.75, 3.05) is 0 Å². The molecule has 0 spiro atoms. The molecule has 0 radical (unpaired) electrons. The lowest BCUT2D eigenvalue weighted by molar-refractivity contribution is -0.274. The zero-order chi connectivity index (χ0) is 23.8. The summed E-state index contributed by atoms with van der Waals surface area (Å²) in [4.78, 5) is 14.7. The fourth-order valence-electron chi connectivity index (χ4n) is 4.05. The van der Waals surface area contributed by atoms with Crippen LogP contribution in [0.2, 0.25) is 0 Å². The maximum atomic E-state index is 13.0. The lowest BCUT2D eigenvalue weighted by Gasteiger charge is -2.16. The first kappa shape index (κ1) is 22.9. The minimum atomic E-state index is -4.74. The van der Waals surface area contributed by atoms with Gasteiger partial charge >= 0.3 is 6.36 Å². The summed E-state index contributed by atoms with van der Waals surface area (Å²) in [5.41, 5.74) is 6.91. The smallest absolute Gasteiger partial charge is 0.451 e. The molecule has 9 heteroatoms. The molecule has 33 heavy (non-hydrogen) atoms. The molecular formula is C24H26F3N3O3. The average molecular weight is 461 g/mol. The van der Waals surface area contributed by atoms with Crippen molar-refractivity contribution in [1.29, 1.82) is 0 Å². The lowest BCUT2D eigenvalue weighted by atomic mass is 10.0. The first-order valence-corrected chi connectivity index (χ1v) is 10.9. The van der Waals surface area contributed by atoms with Crippen LogP contribution in [0.4, 0.5) is 13.2 Å². The fourth-order valence-corrected chi connectivity index (χ4v) is 4.05. The van der Waals surface area contributed by atoms with Gasteiger partial charge in [-0.3, -0.25) is 10.2 Å². The van der Waals surface area contributed by atoms with E-state index in [0.717, 1.165) is 29.5 Å². The molecule has 1 N–H and O–H groups in total. The second-order valence-electron chi connectivity index (χ2n) is 8.80. The number of aryl methyl sites for hydroxylation is 1. The minimum absolute atomic E-state index is 0.105. The Morgan fingerprint density at radius 1 is 1.24 bits per heavy atom. The molecular weight excluding hydrogens is 435 g/mol. The molecule has 1 atom stereocenters. The van der Waals surface area contributed by atoms with E-state index < -0.39 is 6.36 Å². The molecule has 0 saturated heterocycles. The number of nitrogens with zero attached hydrogens (tertiary/aromatic N) is 2. The number of hydrogen-bond donors (Lipinski definition) is 1. The Kier molecular flexibility index (Phi) is 6.23. The molecule has 2 aliphatic rings. The fraction of sp³-hybridized carbons (Fsp3) is 0.417. The van der Waals surface area contributed by atoms with Crippen molar-refractivity contribution >= 4 is 11.8 Å². The number of carbonyl (C=O) groups excluding carboxylic acids is 1. The molecule has 1 unspecified atom stereocenters. The molecule has 0 aliphatic carbocycles. The SMILES string of the molecule is Cc1cc(C2=NNC(CCC(C)C)O2)cc2c1C(=O)N(Cc1ccc(OC(F)(F)F)cc1)C2. The number of hydrogen-bond acceptors (Lipinski definition) is 5. The van der Waals surface area contributed by atoms with Crippen molar-refractivity contribution in [1.82, 2.24) is 10.3 Å². The zero-order valence-electron chi connectivity index (χ0n) is 18.7. The van der Waals surface area contributed by atoms with Gasteiger partial charge in [0.15, 0.2) is 6.23 Å². The molecule has 6 nitrogen and oxygen atoms in total. The molecule has 0 bridgehead atoms. The van der Waals surface area contributed by atoms with Crippen molar-refractivity contribution in [2.24, 2.45) is 11.0 Å². The second kappa shape index (κ2) is 8.96. The summed E-state index contributed by atoms with van der Waals surface area (Å²) < 4.78 is 46.9. The van der Waals surface area contributed by atoms with Gasteiger partial charge in [-0.1, -0.05) is 26.0 Å². The van der Waals surface area contributed by atoms with Crippen LogP contribution in [0.25, 0.3) is 0 Å². The Labute approximate surface area is 190 Å². The first-order chi connectivity index (χ1) is 15.6. The van der Waals surface area contributed by atoms with Crippen LogP contribution in [0.15, 0.2) is 41.5 Å². The van der Waals surface area contributed by atoms with Gasteiger partial charge in [-0.25, -0.2) is 0 Å². The van der Waals surface area contributed by atoms with E-state index in [1.807, 2.05) is 19.1 Å². The number of ether oxygens (including phenoxy) is 2. The predicted octanol–water partition coefficient (Wildman–Crippen LogP) is 5.09. The Balaban J connectivity index is 1.44. The number of hydrazone groups is 1. The molecule has 2 aliphatic heterocycles. The van der Waals surface area contributed by atoms with E-state index in [0.29, 0.717) is 29.5 Å². The monoisotopic (exact) mass is 461 g/mol. The average Bonchev–Trinajstić information content (AvgIpc) is 3.32. The molecule has 0 fully saturated rings. The molecule has 2 aromatic carbocycles. The van der Waals surface area contributed by atoms with Crippen LogP contribution < -0.4 is 10.2 Å². The van der Waals surface area contributed by atoms with E-state index in [9.17, 15) is 18.0 Å². The highest BCUT2D eigenvalue weighted by Gasteiger charge is 2.32. The van der Waals surface area contributed by atoms with Gasteiger partial charge in [0.1, 0.15) is 5.75 Å². The molecule has 1 amide bonds. The Bertz CT molecular complexity index is 1070. The standard InChI is InChI=1S/C24H26F3N3O3/c1-14(2)4-9-20-28-29-22(32-20)17-10-15(3)21-18(11-17)13-30(23(21)31)12-16-5-7-19(8-6-16)33-24(25,26)27/h5-8,10-11,14,20,28H,4,9,12-13H2,1-3H3. The van der Waals surface area contributed by atoms with Crippen molar-refractivity contribution < 1.29 is 27.4 Å². The van der Waals surface area contributed by atoms with Crippen LogP contribution in [0.5, 0.6) is 5.75 Å². The number of amides is 1. The normalized spacial score (nSPS) is 17.7. The maximum Gasteiger partial charge on any atom is 0.573 e. The topological polar surface area (TPSA) is 63.2 Å². The molecule has 2 aromatic rings. The van der Waals surface area contributed by atoms with Crippen LogP contribution in [-0.4, -0.2) is 29.3 Å². The summed E-state index contributed by atoms with van der Waals surface area (Å²) in [6, 6.07) is 9.37. The largest absolute Gasteiger partial charge is 0.573 e. The molecule has 4 rings (SSSR count). The zero-order valence-corrected chi connectivity index (χ0v) is 18.7. The van der Waals surface area contributed by atoms with E-state index in [1.165, 1.54) is 24.3 Å². The number of rotatable bonds is 7. The van der Waals surface area contributed by atoms with Crippen molar-refractivity contribution in [3.63, 3.8) is 0 Å². The van der Waals surface area contributed by atoms with Crippen LogP contribution >= 0.6 is 0 Å². The summed E-state index contributed by atoms with van der Waals surface area (Å²) in [6.45, 7) is 6.89. The highest BCUT2D eigenvalue weighted by Crippen LogP contribution is 2.30. The van der Waals surface area contributed by atoms with E-state index in [1.54, 1.807) is 4.90 Å². The third-order valence-electron chi connectivity index (χ3n) is 5.63. The van der Waals surface area contributed by atoms with Gasteiger partial charge in [0.25, 0.3) is 5.91 Å². The van der Waals surface area contributed by atoms with Crippen LogP contribution in [0.3, 0.4) is 0 Å². The number of benzene rings is 2. The highest BCUT2D eigenvalue weighted by atomic mass is 19.4.